The minimum absolute atomic E-state index is 0.0803. The highest BCUT2D eigenvalue weighted by atomic mass is 32.2. The van der Waals surface area contributed by atoms with Gasteiger partial charge in [-0.25, -0.2) is 18.1 Å². The van der Waals surface area contributed by atoms with Gasteiger partial charge in [0.15, 0.2) is 4.90 Å². The van der Waals surface area contributed by atoms with Gasteiger partial charge in [0.25, 0.3) is 21.5 Å². The lowest BCUT2D eigenvalue weighted by Gasteiger charge is -2.34. The summed E-state index contributed by atoms with van der Waals surface area (Å²) in [5.41, 5.74) is 0.191. The Labute approximate surface area is 215 Å². The molecule has 11 heteroatoms. The number of rotatable bonds is 7. The zero-order valence-electron chi connectivity index (χ0n) is 21.4. The topological polar surface area (TPSA) is 131 Å². The van der Waals surface area contributed by atoms with Crippen molar-refractivity contribution in [2.45, 2.75) is 37.6 Å². The quantitative estimate of drug-likeness (QED) is 0.480. The Hall–Kier alpha value is -3.86. The number of benzene rings is 1. The number of pyridine rings is 2. The van der Waals surface area contributed by atoms with Crippen molar-refractivity contribution in [3.05, 3.63) is 64.6 Å². The molecule has 2 aromatic heterocycles. The van der Waals surface area contributed by atoms with Gasteiger partial charge in [0.05, 0.1) is 25.5 Å². The maximum Gasteiger partial charge on any atom is 0.269 e. The Balaban J connectivity index is 1.82. The molecule has 10 nitrogen and oxygen atoms in total. The van der Waals surface area contributed by atoms with Crippen molar-refractivity contribution in [1.29, 1.82) is 0 Å². The number of ether oxygens (including phenoxy) is 2. The molecule has 1 saturated heterocycles. The number of hydrogen-bond acceptors (Lipinski definition) is 8. The number of H-pyrrole nitrogens is 1. The fourth-order valence-corrected chi connectivity index (χ4v) is 5.78. The Kier molecular flexibility index (Phi) is 7.00. The number of hydrogen-bond donors (Lipinski definition) is 2. The van der Waals surface area contributed by atoms with Crippen molar-refractivity contribution in [3.8, 4) is 22.8 Å². The number of nitrogens with one attached hydrogen (secondary N) is 2. The van der Waals surface area contributed by atoms with E-state index in [0.717, 1.165) is 12.5 Å². The average Bonchev–Trinajstić information content (AvgIpc) is 3.14. The summed E-state index contributed by atoms with van der Waals surface area (Å²) in [6.45, 7) is 6.86. The highest BCUT2D eigenvalue weighted by Crippen LogP contribution is 2.39. The highest BCUT2D eigenvalue weighted by molar-refractivity contribution is 7.90. The van der Waals surface area contributed by atoms with Gasteiger partial charge in [0.1, 0.15) is 17.3 Å². The molecule has 0 saturated carbocycles. The average molecular weight is 527 g/mol. The standard InChI is InChI=1S/C26H30N4O6S/c1-16-14-26(2,3)30(15-16)23-20(24(31)29-37(33,34)22-7-6-10-27-25(22)32)8-9-21(28-23)17-11-18(35-4)13-19(12-17)36-5/h6-13,16H,14-15H2,1-5H3,(H,27,32)(H,29,31)/t16-/m0/s1. The van der Waals surface area contributed by atoms with Crippen LogP contribution in [0.4, 0.5) is 5.82 Å². The molecule has 1 fully saturated rings. The van der Waals surface area contributed by atoms with Crippen LogP contribution in [0.5, 0.6) is 11.5 Å². The Morgan fingerprint density at radius 3 is 2.38 bits per heavy atom. The molecular formula is C26H30N4O6S. The molecule has 196 valence electrons. The fraction of sp³-hybridized carbons (Fsp3) is 0.346. The number of methoxy groups -OCH3 is 2. The van der Waals surface area contributed by atoms with Gasteiger partial charge >= 0.3 is 0 Å². The van der Waals surface area contributed by atoms with Gasteiger partial charge < -0.3 is 19.4 Å². The maximum absolute atomic E-state index is 13.4. The minimum Gasteiger partial charge on any atom is -0.497 e. The Morgan fingerprint density at radius 1 is 1.14 bits per heavy atom. The van der Waals surface area contributed by atoms with Crippen LogP contribution in [0.15, 0.2) is 58.4 Å². The van der Waals surface area contributed by atoms with E-state index in [4.69, 9.17) is 14.5 Å². The molecule has 3 aromatic rings. The molecule has 0 unspecified atom stereocenters. The van der Waals surface area contributed by atoms with Gasteiger partial charge in [-0.05, 0) is 62.6 Å². The molecule has 4 rings (SSSR count). The van der Waals surface area contributed by atoms with Crippen molar-refractivity contribution in [2.75, 3.05) is 25.7 Å². The molecule has 0 bridgehead atoms. The first kappa shape index (κ1) is 26.2. The van der Waals surface area contributed by atoms with E-state index in [-0.39, 0.29) is 11.1 Å². The van der Waals surface area contributed by atoms with Gasteiger partial charge in [-0.2, -0.15) is 0 Å². The van der Waals surface area contributed by atoms with Gasteiger partial charge in [0, 0.05) is 29.9 Å². The van der Waals surface area contributed by atoms with Crippen molar-refractivity contribution in [1.82, 2.24) is 14.7 Å². The normalized spacial score (nSPS) is 16.9. The van der Waals surface area contributed by atoms with Crippen molar-refractivity contribution < 1.29 is 22.7 Å². The smallest absolute Gasteiger partial charge is 0.269 e. The first-order chi connectivity index (χ1) is 17.4. The predicted octanol–water partition coefficient (Wildman–Crippen LogP) is 3.20. The van der Waals surface area contributed by atoms with Gasteiger partial charge in [0.2, 0.25) is 0 Å². The summed E-state index contributed by atoms with van der Waals surface area (Å²) in [5, 5.41) is 0. The molecule has 1 aromatic carbocycles. The van der Waals surface area contributed by atoms with Gasteiger partial charge in [-0.3, -0.25) is 9.59 Å². The lowest BCUT2D eigenvalue weighted by atomic mass is 9.97. The van der Waals surface area contributed by atoms with Crippen LogP contribution in [0.3, 0.4) is 0 Å². The van der Waals surface area contributed by atoms with Gasteiger partial charge in [-0.15, -0.1) is 0 Å². The first-order valence-electron chi connectivity index (χ1n) is 11.7. The lowest BCUT2D eigenvalue weighted by molar-refractivity contribution is 0.0981. The molecule has 1 amide bonds. The van der Waals surface area contributed by atoms with E-state index in [1.165, 1.54) is 12.3 Å². The summed E-state index contributed by atoms with van der Waals surface area (Å²) >= 11 is 0. The fourth-order valence-electron chi connectivity index (χ4n) is 4.76. The highest BCUT2D eigenvalue weighted by Gasteiger charge is 2.39. The summed E-state index contributed by atoms with van der Waals surface area (Å²) in [5.74, 6) is 0.960. The third-order valence-electron chi connectivity index (χ3n) is 6.39. The lowest BCUT2D eigenvalue weighted by Crippen LogP contribution is -2.41. The minimum atomic E-state index is -4.42. The van der Waals surface area contributed by atoms with Crippen molar-refractivity contribution in [3.63, 3.8) is 0 Å². The Bertz CT molecular complexity index is 1480. The van der Waals surface area contributed by atoms with E-state index in [1.807, 2.05) is 9.62 Å². The summed E-state index contributed by atoms with van der Waals surface area (Å²) in [4.78, 5) is 34.0. The van der Waals surface area contributed by atoms with Crippen LogP contribution in [0, 0.1) is 5.92 Å². The van der Waals surface area contributed by atoms with Crippen LogP contribution in [-0.2, 0) is 10.0 Å². The SMILES string of the molecule is COc1cc(OC)cc(-c2ccc(C(=O)NS(=O)(=O)c3ccc[nH]c3=O)c(N3C[C@@H](C)CC3(C)C)n2)c1. The van der Waals surface area contributed by atoms with Crippen LogP contribution in [0.2, 0.25) is 0 Å². The van der Waals surface area contributed by atoms with Crippen molar-refractivity contribution >= 4 is 21.7 Å². The maximum atomic E-state index is 13.4. The molecule has 3 heterocycles. The molecule has 2 N–H and O–H groups in total. The van der Waals surface area contributed by atoms with E-state index in [9.17, 15) is 18.0 Å². The number of nitrogens with zero attached hydrogens (tertiary/aromatic N) is 2. The summed E-state index contributed by atoms with van der Waals surface area (Å²) < 4.78 is 38.5. The number of carbonyl (C=O) groups is 1. The van der Waals surface area contributed by atoms with Gasteiger partial charge in [-0.1, -0.05) is 6.92 Å². The molecule has 0 spiro atoms. The summed E-state index contributed by atoms with van der Waals surface area (Å²) in [7, 11) is -1.32. The predicted molar refractivity (Wildman–Crippen MR) is 140 cm³/mol. The molecular weight excluding hydrogens is 496 g/mol. The second kappa shape index (κ2) is 9.89. The number of amides is 1. The number of sulfonamides is 1. The van der Waals surface area contributed by atoms with Crippen LogP contribution in [-0.4, -0.2) is 50.6 Å². The zero-order chi connectivity index (χ0) is 27.0. The number of carbonyl (C=O) groups excluding carboxylic acids is 1. The Morgan fingerprint density at radius 2 is 1.81 bits per heavy atom. The number of aromatic amines is 1. The van der Waals surface area contributed by atoms with E-state index >= 15 is 0 Å². The second-order valence-electron chi connectivity index (χ2n) is 9.70. The number of aromatic nitrogens is 2. The summed E-state index contributed by atoms with van der Waals surface area (Å²) in [6, 6.07) is 11.0. The third-order valence-corrected chi connectivity index (χ3v) is 7.75. The van der Waals surface area contributed by atoms with Crippen molar-refractivity contribution in [2.24, 2.45) is 5.92 Å². The second-order valence-corrected chi connectivity index (χ2v) is 11.4. The molecule has 1 aliphatic heterocycles. The van der Waals surface area contributed by atoms with Crippen LogP contribution in [0.1, 0.15) is 37.6 Å². The zero-order valence-corrected chi connectivity index (χ0v) is 22.2. The molecule has 37 heavy (non-hydrogen) atoms. The van der Waals surface area contributed by atoms with Crippen LogP contribution < -0.4 is 24.7 Å². The van der Waals surface area contributed by atoms with Crippen LogP contribution >= 0.6 is 0 Å². The molecule has 1 aliphatic rings. The molecule has 0 aliphatic carbocycles. The largest absolute Gasteiger partial charge is 0.497 e. The number of anilines is 1. The summed E-state index contributed by atoms with van der Waals surface area (Å²) in [6.07, 6.45) is 2.18. The van der Waals surface area contributed by atoms with E-state index in [0.29, 0.717) is 41.0 Å². The third kappa shape index (κ3) is 5.31. The van der Waals surface area contributed by atoms with E-state index < -0.39 is 26.4 Å². The van der Waals surface area contributed by atoms with Crippen LogP contribution in [0.25, 0.3) is 11.3 Å². The first-order valence-corrected chi connectivity index (χ1v) is 13.2. The van der Waals surface area contributed by atoms with E-state index in [2.05, 4.69) is 25.8 Å². The molecule has 1 atom stereocenters. The monoisotopic (exact) mass is 526 g/mol. The molecule has 0 radical (unpaired) electrons. The van der Waals surface area contributed by atoms with E-state index in [1.54, 1.807) is 44.6 Å².